The molecule has 0 unspecified atom stereocenters. The van der Waals surface area contributed by atoms with Crippen molar-refractivity contribution in [2.75, 3.05) is 22.5 Å². The van der Waals surface area contributed by atoms with Gasteiger partial charge in [0.1, 0.15) is 0 Å². The van der Waals surface area contributed by atoms with Crippen LogP contribution in [0.5, 0.6) is 0 Å². The number of carbonyl (C=O) groups excluding carboxylic acids is 2. The summed E-state index contributed by atoms with van der Waals surface area (Å²) in [4.78, 5) is 40.2. The van der Waals surface area contributed by atoms with Crippen LogP contribution < -0.4 is 9.21 Å². The topological polar surface area (TPSA) is 157 Å². The fraction of sp³-hybridized carbons (Fsp3) is 0.238. The highest BCUT2D eigenvalue weighted by atomic mass is 32.2. The Labute approximate surface area is 195 Å². The van der Waals surface area contributed by atoms with Gasteiger partial charge in [-0.1, -0.05) is 17.3 Å². The lowest BCUT2D eigenvalue weighted by atomic mass is 10.2. The van der Waals surface area contributed by atoms with Gasteiger partial charge in [0.15, 0.2) is 0 Å². The van der Waals surface area contributed by atoms with Gasteiger partial charge in [-0.25, -0.2) is 12.7 Å². The molecule has 2 aromatic carbocycles. The number of hydrogen-bond donors (Lipinski definition) is 0. The van der Waals surface area contributed by atoms with Gasteiger partial charge in [-0.2, -0.15) is 4.98 Å². The van der Waals surface area contributed by atoms with Gasteiger partial charge < -0.3 is 9.42 Å². The molecule has 0 N–H and O–H groups in total. The van der Waals surface area contributed by atoms with E-state index in [1.54, 1.807) is 13.1 Å². The highest BCUT2D eigenvalue weighted by Crippen LogP contribution is 2.24. The molecule has 0 saturated carbocycles. The molecule has 1 aromatic heterocycles. The zero-order valence-corrected chi connectivity index (χ0v) is 19.4. The quantitative estimate of drug-likeness (QED) is 0.344. The number of amides is 2. The molecule has 34 heavy (non-hydrogen) atoms. The van der Waals surface area contributed by atoms with Crippen LogP contribution in [0.3, 0.4) is 0 Å². The van der Waals surface area contributed by atoms with Crippen molar-refractivity contribution in [3.63, 3.8) is 0 Å². The molecule has 13 heteroatoms. The van der Waals surface area contributed by atoms with Crippen molar-refractivity contribution in [1.29, 1.82) is 0 Å². The third-order valence-corrected chi connectivity index (χ3v) is 5.92. The minimum atomic E-state index is -3.95. The van der Waals surface area contributed by atoms with Crippen LogP contribution in [0, 0.1) is 10.1 Å². The van der Waals surface area contributed by atoms with Gasteiger partial charge in [0.25, 0.3) is 5.69 Å². The molecule has 0 atom stereocenters. The molecular formula is C21H21N5O7S. The maximum Gasteiger partial charge on any atom is 0.270 e. The molecule has 0 aliphatic heterocycles. The van der Waals surface area contributed by atoms with Crippen LogP contribution in [-0.2, 0) is 26.0 Å². The minimum Gasteiger partial charge on any atom is -0.339 e. The number of sulfonamides is 1. The Morgan fingerprint density at radius 3 is 2.35 bits per heavy atom. The molecule has 2 amide bonds. The molecule has 178 valence electrons. The van der Waals surface area contributed by atoms with E-state index in [4.69, 9.17) is 4.52 Å². The first-order valence-corrected chi connectivity index (χ1v) is 11.8. The van der Waals surface area contributed by atoms with E-state index in [0.29, 0.717) is 15.6 Å². The van der Waals surface area contributed by atoms with Crippen LogP contribution in [0.1, 0.15) is 19.2 Å². The zero-order chi connectivity index (χ0) is 25.0. The summed E-state index contributed by atoms with van der Waals surface area (Å²) >= 11 is 0. The fourth-order valence-electron chi connectivity index (χ4n) is 3.06. The second-order valence-corrected chi connectivity index (χ2v) is 9.17. The van der Waals surface area contributed by atoms with E-state index in [-0.39, 0.29) is 41.8 Å². The highest BCUT2D eigenvalue weighted by Gasteiger charge is 2.26. The summed E-state index contributed by atoms with van der Waals surface area (Å²) in [6.45, 7) is 1.39. The zero-order valence-electron chi connectivity index (χ0n) is 18.5. The number of anilines is 2. The summed E-state index contributed by atoms with van der Waals surface area (Å²) in [5.74, 6) is -0.740. The summed E-state index contributed by atoms with van der Waals surface area (Å²) in [6.07, 6.45) is 0.615. The number of nitrogens with zero attached hydrogens (tertiary/aromatic N) is 5. The molecule has 1 heterocycles. The van der Waals surface area contributed by atoms with Crippen molar-refractivity contribution >= 4 is 38.9 Å². The van der Waals surface area contributed by atoms with Gasteiger partial charge >= 0.3 is 0 Å². The molecule has 0 saturated heterocycles. The Kier molecular flexibility index (Phi) is 7.05. The Balaban J connectivity index is 1.75. The first-order chi connectivity index (χ1) is 16.0. The van der Waals surface area contributed by atoms with Gasteiger partial charge in [-0.05, 0) is 24.3 Å². The lowest BCUT2D eigenvalue weighted by Gasteiger charge is -2.21. The smallest absolute Gasteiger partial charge is 0.270 e. The van der Waals surface area contributed by atoms with Gasteiger partial charge in [-0.3, -0.25) is 19.7 Å². The van der Waals surface area contributed by atoms with Crippen molar-refractivity contribution in [1.82, 2.24) is 10.1 Å². The van der Waals surface area contributed by atoms with Crippen LogP contribution in [0.2, 0.25) is 0 Å². The lowest BCUT2D eigenvalue weighted by Crippen LogP contribution is -2.36. The molecular weight excluding hydrogens is 466 g/mol. The predicted molar refractivity (Wildman–Crippen MR) is 123 cm³/mol. The summed E-state index contributed by atoms with van der Waals surface area (Å²) in [5, 5.41) is 14.7. The summed E-state index contributed by atoms with van der Waals surface area (Å²) in [5.41, 5.74) is 0.889. The predicted octanol–water partition coefficient (Wildman–Crippen LogP) is 2.55. The van der Waals surface area contributed by atoms with Crippen LogP contribution in [0.25, 0.3) is 11.4 Å². The van der Waals surface area contributed by atoms with E-state index in [1.165, 1.54) is 54.3 Å². The van der Waals surface area contributed by atoms with Gasteiger partial charge in [0, 0.05) is 50.2 Å². The van der Waals surface area contributed by atoms with Crippen LogP contribution in [0.15, 0.2) is 53.1 Å². The number of aromatic nitrogens is 2. The molecule has 3 aromatic rings. The van der Waals surface area contributed by atoms with Gasteiger partial charge in [-0.15, -0.1) is 0 Å². The summed E-state index contributed by atoms with van der Waals surface area (Å²) in [7, 11) is -2.38. The standard InChI is InChI=1S/C21H21N5O7S/c1-14(27)24(2)16-7-9-17(10-8-16)25(34(3,31)32)20(28)12-11-19-22-21(23-33-19)15-5-4-6-18(13-15)26(29)30/h4-10,13H,11-12H2,1-3H3. The number of rotatable bonds is 8. The van der Waals surface area contributed by atoms with Crippen molar-refractivity contribution in [3.05, 3.63) is 64.5 Å². The average Bonchev–Trinajstić information content (AvgIpc) is 3.26. The Hall–Kier alpha value is -4.13. The first-order valence-electron chi connectivity index (χ1n) is 9.92. The molecule has 0 spiro atoms. The molecule has 0 radical (unpaired) electrons. The summed E-state index contributed by atoms with van der Waals surface area (Å²) in [6, 6.07) is 11.6. The number of nitro benzene ring substituents is 1. The Morgan fingerprint density at radius 1 is 1.12 bits per heavy atom. The van der Waals surface area contributed by atoms with E-state index < -0.39 is 20.9 Å². The molecule has 0 fully saturated rings. The molecule has 12 nitrogen and oxygen atoms in total. The number of carbonyl (C=O) groups is 2. The van der Waals surface area contributed by atoms with Gasteiger partial charge in [0.2, 0.25) is 33.6 Å². The Bertz CT molecular complexity index is 1340. The highest BCUT2D eigenvalue weighted by molar-refractivity contribution is 7.92. The van der Waals surface area contributed by atoms with E-state index in [1.807, 2.05) is 0 Å². The molecule has 0 aliphatic carbocycles. The maximum absolute atomic E-state index is 12.8. The lowest BCUT2D eigenvalue weighted by molar-refractivity contribution is -0.384. The third kappa shape index (κ3) is 5.61. The molecule has 0 bridgehead atoms. The fourth-order valence-corrected chi connectivity index (χ4v) is 4.03. The van der Waals surface area contributed by atoms with Crippen molar-refractivity contribution in [3.8, 4) is 11.4 Å². The van der Waals surface area contributed by atoms with Crippen LogP contribution >= 0.6 is 0 Å². The summed E-state index contributed by atoms with van der Waals surface area (Å²) < 4.78 is 30.4. The van der Waals surface area contributed by atoms with E-state index in [0.717, 1.165) is 6.26 Å². The van der Waals surface area contributed by atoms with Gasteiger partial charge in [0.05, 0.1) is 16.9 Å². The van der Waals surface area contributed by atoms with Crippen LogP contribution in [0.4, 0.5) is 17.1 Å². The second kappa shape index (κ2) is 9.79. The monoisotopic (exact) mass is 487 g/mol. The largest absolute Gasteiger partial charge is 0.339 e. The molecule has 3 rings (SSSR count). The Morgan fingerprint density at radius 2 is 1.76 bits per heavy atom. The number of benzene rings is 2. The molecule has 0 aliphatic rings. The van der Waals surface area contributed by atoms with Crippen molar-refractivity contribution < 1.29 is 27.5 Å². The second-order valence-electron chi connectivity index (χ2n) is 7.33. The number of hydrogen-bond acceptors (Lipinski definition) is 9. The van der Waals surface area contributed by atoms with Crippen molar-refractivity contribution in [2.45, 2.75) is 19.8 Å². The minimum absolute atomic E-state index is 0.0437. The first kappa shape index (κ1) is 24.5. The van der Waals surface area contributed by atoms with E-state index in [2.05, 4.69) is 10.1 Å². The van der Waals surface area contributed by atoms with E-state index in [9.17, 15) is 28.1 Å². The average molecular weight is 487 g/mol. The SMILES string of the molecule is CC(=O)N(C)c1ccc(N(C(=O)CCc2nc(-c3cccc([N+](=O)[O-])c3)no2)S(C)(=O)=O)cc1. The van der Waals surface area contributed by atoms with E-state index >= 15 is 0 Å². The third-order valence-electron chi connectivity index (χ3n) is 4.84. The van der Waals surface area contributed by atoms with Crippen molar-refractivity contribution in [2.24, 2.45) is 0 Å². The number of nitro groups is 1. The number of aryl methyl sites for hydroxylation is 1. The number of non-ortho nitro benzene ring substituents is 1. The van der Waals surface area contributed by atoms with Crippen LogP contribution in [-0.4, -0.2) is 48.6 Å². The maximum atomic E-state index is 12.8. The normalized spacial score (nSPS) is 11.1.